The first kappa shape index (κ1) is 12.1. The molecule has 0 atom stereocenters. The quantitative estimate of drug-likeness (QED) is 0.367. The zero-order valence-electron chi connectivity index (χ0n) is 10.3. The highest BCUT2D eigenvalue weighted by atomic mass is 16.1. The molecule has 0 aliphatic carbocycles. The molecule has 3 aromatic rings. The van der Waals surface area contributed by atoms with Gasteiger partial charge in [-0.3, -0.25) is 0 Å². The van der Waals surface area contributed by atoms with Crippen molar-refractivity contribution in [1.82, 2.24) is 0 Å². The van der Waals surface area contributed by atoms with Gasteiger partial charge >= 0.3 is 0 Å². The largest absolute Gasteiger partial charge is 0.398 e. The number of nitrogens with two attached hydrogens (primary N) is 1. The molecule has 0 radical (unpaired) electrons. The van der Waals surface area contributed by atoms with Gasteiger partial charge in [0.25, 0.3) is 0 Å². The van der Waals surface area contributed by atoms with E-state index in [9.17, 15) is 0 Å². The first-order chi connectivity index (χ1) is 8.76. The molecule has 0 aliphatic heterocycles. The van der Waals surface area contributed by atoms with Crippen LogP contribution >= 0.6 is 0 Å². The fraction of sp³-hybridized carbons (Fsp3) is 0.0625. The maximum Gasteiger partial charge on any atom is 0.116 e. The average molecular weight is 237 g/mol. The fourth-order valence-corrected chi connectivity index (χ4v) is 1.99. The number of carbonyl (C=O) groups excluding carboxylic acids is 1. The Morgan fingerprint density at radius 3 is 2.11 bits per heavy atom. The number of rotatable bonds is 0. The topological polar surface area (TPSA) is 43.1 Å². The molecule has 0 saturated carbocycles. The second-order valence-electron chi connectivity index (χ2n) is 4.00. The van der Waals surface area contributed by atoms with Crippen LogP contribution in [-0.2, 0) is 4.79 Å². The molecule has 90 valence electrons. The second-order valence-corrected chi connectivity index (χ2v) is 4.00. The van der Waals surface area contributed by atoms with Crippen LogP contribution in [0.4, 0.5) is 5.69 Å². The fourth-order valence-electron chi connectivity index (χ4n) is 1.99. The Kier molecular flexibility index (Phi) is 3.58. The molecule has 0 spiro atoms. The monoisotopic (exact) mass is 237 g/mol. The van der Waals surface area contributed by atoms with E-state index in [1.165, 1.54) is 23.1 Å². The van der Waals surface area contributed by atoms with Crippen molar-refractivity contribution in [2.24, 2.45) is 0 Å². The molecule has 0 saturated heterocycles. The lowest BCUT2D eigenvalue weighted by atomic mass is 10.0. The Morgan fingerprint density at radius 1 is 0.889 bits per heavy atom. The van der Waals surface area contributed by atoms with Gasteiger partial charge in [0.05, 0.1) is 0 Å². The summed E-state index contributed by atoms with van der Waals surface area (Å²) in [6.07, 6.45) is 0.750. The summed E-state index contributed by atoms with van der Waals surface area (Å²) in [6, 6.07) is 18.7. The first-order valence-corrected chi connectivity index (χ1v) is 5.83. The summed E-state index contributed by atoms with van der Waals surface area (Å²) < 4.78 is 0. The number of carbonyl (C=O) groups is 1. The van der Waals surface area contributed by atoms with Gasteiger partial charge < -0.3 is 10.5 Å². The Balaban J connectivity index is 0.000000367. The summed E-state index contributed by atoms with van der Waals surface area (Å²) in [5.41, 5.74) is 6.79. The molecule has 18 heavy (non-hydrogen) atoms. The molecule has 0 bridgehead atoms. The highest BCUT2D eigenvalue weighted by Crippen LogP contribution is 2.26. The third-order valence-electron chi connectivity index (χ3n) is 2.78. The summed E-state index contributed by atoms with van der Waals surface area (Å²) in [5.74, 6) is 0. The smallest absolute Gasteiger partial charge is 0.116 e. The first-order valence-electron chi connectivity index (χ1n) is 5.83. The van der Waals surface area contributed by atoms with Gasteiger partial charge in [-0.25, -0.2) is 0 Å². The van der Waals surface area contributed by atoms with Crippen LogP contribution in [0, 0.1) is 0 Å². The molecule has 0 aliphatic rings. The van der Waals surface area contributed by atoms with Crippen molar-refractivity contribution in [2.75, 3.05) is 5.73 Å². The molecule has 2 heteroatoms. The number of hydrogen-bond acceptors (Lipinski definition) is 2. The van der Waals surface area contributed by atoms with E-state index in [1.54, 1.807) is 0 Å². The number of anilines is 1. The zero-order chi connectivity index (χ0) is 13.0. The van der Waals surface area contributed by atoms with E-state index in [4.69, 9.17) is 10.5 Å². The number of fused-ring (bicyclic) bond motifs is 2. The van der Waals surface area contributed by atoms with Crippen molar-refractivity contribution in [3.05, 3.63) is 54.6 Å². The molecule has 3 aromatic carbocycles. The van der Waals surface area contributed by atoms with Gasteiger partial charge in [0.15, 0.2) is 0 Å². The van der Waals surface area contributed by atoms with Gasteiger partial charge in [-0.2, -0.15) is 0 Å². The number of nitrogen functional groups attached to an aromatic ring is 1. The normalized spacial score (nSPS) is 9.83. The minimum absolute atomic E-state index is 0.750. The van der Waals surface area contributed by atoms with E-state index in [1.807, 2.05) is 18.2 Å². The molecule has 3 rings (SSSR count). The van der Waals surface area contributed by atoms with Crippen molar-refractivity contribution in [3.63, 3.8) is 0 Å². The number of benzene rings is 3. The number of aldehydes is 1. The van der Waals surface area contributed by atoms with Gasteiger partial charge in [0.1, 0.15) is 6.29 Å². The van der Waals surface area contributed by atoms with Crippen LogP contribution < -0.4 is 5.73 Å². The lowest BCUT2D eigenvalue weighted by Gasteiger charge is -2.04. The van der Waals surface area contributed by atoms with Gasteiger partial charge in [0.2, 0.25) is 0 Å². The highest BCUT2D eigenvalue weighted by molar-refractivity contribution is 6.03. The molecule has 2 nitrogen and oxygen atoms in total. The van der Waals surface area contributed by atoms with Crippen molar-refractivity contribution < 1.29 is 4.79 Å². The minimum Gasteiger partial charge on any atom is -0.398 e. The van der Waals surface area contributed by atoms with E-state index in [-0.39, 0.29) is 0 Å². The Labute approximate surface area is 106 Å². The van der Waals surface area contributed by atoms with Crippen LogP contribution in [0.25, 0.3) is 21.5 Å². The van der Waals surface area contributed by atoms with Gasteiger partial charge in [-0.05, 0) is 41.3 Å². The molecule has 0 aromatic heterocycles. The minimum atomic E-state index is 0.750. The van der Waals surface area contributed by atoms with Crippen LogP contribution in [0.15, 0.2) is 54.6 Å². The summed E-state index contributed by atoms with van der Waals surface area (Å²) in [5, 5.41) is 4.84. The van der Waals surface area contributed by atoms with Crippen LogP contribution in [0.3, 0.4) is 0 Å². The SMILES string of the molecule is CC=O.Nc1cccc2cc3ccccc3cc12. The van der Waals surface area contributed by atoms with Crippen molar-refractivity contribution in [3.8, 4) is 0 Å². The summed E-state index contributed by atoms with van der Waals surface area (Å²) >= 11 is 0. The molecule has 0 unspecified atom stereocenters. The predicted octanol–water partition coefficient (Wildman–Crippen LogP) is 3.78. The molecular formula is C16H15NO. The maximum atomic E-state index is 8.81. The molecule has 2 N–H and O–H groups in total. The zero-order valence-corrected chi connectivity index (χ0v) is 10.3. The predicted molar refractivity (Wildman–Crippen MR) is 77.6 cm³/mol. The lowest BCUT2D eigenvalue weighted by molar-refractivity contribution is -0.106. The lowest BCUT2D eigenvalue weighted by Crippen LogP contribution is -1.86. The van der Waals surface area contributed by atoms with Gasteiger partial charge in [0, 0.05) is 11.1 Å². The Morgan fingerprint density at radius 2 is 1.44 bits per heavy atom. The van der Waals surface area contributed by atoms with Crippen molar-refractivity contribution in [1.29, 1.82) is 0 Å². The van der Waals surface area contributed by atoms with Crippen LogP contribution in [0.5, 0.6) is 0 Å². The van der Waals surface area contributed by atoms with Crippen LogP contribution in [0.2, 0.25) is 0 Å². The third-order valence-corrected chi connectivity index (χ3v) is 2.78. The summed E-state index contributed by atoms with van der Waals surface area (Å²) in [7, 11) is 0. The molecule has 0 amide bonds. The van der Waals surface area contributed by atoms with Crippen molar-refractivity contribution >= 4 is 33.5 Å². The Hall–Kier alpha value is -2.35. The van der Waals surface area contributed by atoms with Crippen molar-refractivity contribution in [2.45, 2.75) is 6.92 Å². The van der Waals surface area contributed by atoms with Gasteiger partial charge in [-0.1, -0.05) is 36.4 Å². The van der Waals surface area contributed by atoms with Gasteiger partial charge in [-0.15, -0.1) is 0 Å². The summed E-state index contributed by atoms with van der Waals surface area (Å²) in [4.78, 5) is 8.81. The van der Waals surface area contributed by atoms with E-state index >= 15 is 0 Å². The van der Waals surface area contributed by atoms with Crippen LogP contribution in [0.1, 0.15) is 6.92 Å². The highest BCUT2D eigenvalue weighted by Gasteiger charge is 1.99. The standard InChI is InChI=1S/C14H11N.C2H4O/c15-14-7-3-6-12-8-10-4-1-2-5-11(10)9-13(12)14;1-2-3/h1-9H,15H2;2H,1H3. The average Bonchev–Trinajstić information content (AvgIpc) is 2.38. The van der Waals surface area contributed by atoms with E-state index in [2.05, 4.69) is 36.4 Å². The number of hydrogen-bond donors (Lipinski definition) is 1. The summed E-state index contributed by atoms with van der Waals surface area (Å²) in [6.45, 7) is 1.44. The molecule has 0 heterocycles. The van der Waals surface area contributed by atoms with E-state index in [0.717, 1.165) is 17.4 Å². The van der Waals surface area contributed by atoms with E-state index < -0.39 is 0 Å². The molecular weight excluding hydrogens is 222 g/mol. The Bertz CT molecular complexity index is 689. The third kappa shape index (κ3) is 2.33. The molecule has 0 fully saturated rings. The maximum absolute atomic E-state index is 8.81. The van der Waals surface area contributed by atoms with E-state index in [0.29, 0.717) is 0 Å². The van der Waals surface area contributed by atoms with Crippen LogP contribution in [-0.4, -0.2) is 6.29 Å². The second kappa shape index (κ2) is 5.32.